The number of allylic oxidation sites excluding steroid dienone is 4. The third kappa shape index (κ3) is 7.13. The van der Waals surface area contributed by atoms with Crippen molar-refractivity contribution in [3.63, 3.8) is 0 Å². The van der Waals surface area contributed by atoms with Gasteiger partial charge in [0.15, 0.2) is 0 Å². The summed E-state index contributed by atoms with van der Waals surface area (Å²) in [5, 5.41) is 0. The SMILES string of the molecule is CCCCCCC=CC1=C(c2cccc(CCCC)c2)[N+](=[N-])C(c2cccc(CCCC)c2)=C1. The van der Waals surface area contributed by atoms with Gasteiger partial charge in [-0.05, 0) is 73.9 Å². The van der Waals surface area contributed by atoms with Gasteiger partial charge in [0.05, 0.1) is 5.57 Å². The molecular weight excluding hydrogens is 412 g/mol. The maximum absolute atomic E-state index is 11.4. The molecule has 2 nitrogen and oxygen atoms in total. The Morgan fingerprint density at radius 1 is 0.735 bits per heavy atom. The average molecular weight is 455 g/mol. The smallest absolute Gasteiger partial charge is 0.214 e. The molecule has 2 aromatic rings. The molecule has 0 saturated carbocycles. The monoisotopic (exact) mass is 454 g/mol. The molecule has 0 amide bonds. The fourth-order valence-corrected chi connectivity index (χ4v) is 4.56. The van der Waals surface area contributed by atoms with Crippen molar-refractivity contribution in [2.24, 2.45) is 0 Å². The third-order valence-corrected chi connectivity index (χ3v) is 6.59. The topological polar surface area (TPSA) is 25.3 Å². The first-order chi connectivity index (χ1) is 16.7. The van der Waals surface area contributed by atoms with E-state index in [2.05, 4.69) is 87.5 Å². The van der Waals surface area contributed by atoms with Crippen molar-refractivity contribution in [3.05, 3.63) is 100 Å². The van der Waals surface area contributed by atoms with Crippen molar-refractivity contribution >= 4 is 11.4 Å². The first kappa shape index (κ1) is 25.9. The van der Waals surface area contributed by atoms with Crippen LogP contribution in [0.4, 0.5) is 0 Å². The predicted molar refractivity (Wildman–Crippen MR) is 147 cm³/mol. The standard InChI is InChI=1S/C32H42N2/c1-4-7-10-11-12-13-20-30-25-31(28-21-14-18-26(23-28)16-8-5-2)34(33)32(30)29-22-15-19-27(24-29)17-9-6-3/h13-15,18-25H,4-12,16-17H2,1-3H3. The van der Waals surface area contributed by atoms with Crippen molar-refractivity contribution in [1.82, 2.24) is 0 Å². The second-order valence-electron chi connectivity index (χ2n) is 9.50. The molecule has 0 N–H and O–H groups in total. The Bertz CT molecular complexity index is 1040. The first-order valence-corrected chi connectivity index (χ1v) is 13.5. The molecular formula is C32H42N2. The Morgan fingerprint density at radius 2 is 1.35 bits per heavy atom. The van der Waals surface area contributed by atoms with Crippen LogP contribution >= 0.6 is 0 Å². The van der Waals surface area contributed by atoms with Crippen LogP contribution < -0.4 is 0 Å². The lowest BCUT2D eigenvalue weighted by Gasteiger charge is -2.11. The van der Waals surface area contributed by atoms with Gasteiger partial charge in [0, 0.05) is 17.2 Å². The van der Waals surface area contributed by atoms with Crippen LogP contribution in [-0.2, 0) is 12.8 Å². The highest BCUT2D eigenvalue weighted by atomic mass is 15.2. The van der Waals surface area contributed by atoms with Crippen molar-refractivity contribution in [2.75, 3.05) is 0 Å². The average Bonchev–Trinajstić information content (AvgIpc) is 3.19. The minimum atomic E-state index is 0.859. The summed E-state index contributed by atoms with van der Waals surface area (Å²) in [6.07, 6.45) is 19.7. The Hall–Kier alpha value is -2.74. The molecule has 180 valence electrons. The lowest BCUT2D eigenvalue weighted by Crippen LogP contribution is -2.03. The number of hydrogen-bond acceptors (Lipinski definition) is 0. The van der Waals surface area contributed by atoms with Crippen LogP contribution in [0.2, 0.25) is 0 Å². The normalized spacial score (nSPS) is 13.9. The Kier molecular flexibility index (Phi) is 10.5. The second-order valence-corrected chi connectivity index (χ2v) is 9.50. The predicted octanol–water partition coefficient (Wildman–Crippen LogP) is 9.70. The molecule has 2 heteroatoms. The molecule has 0 radical (unpaired) electrons. The number of aryl methyl sites for hydroxylation is 2. The van der Waals surface area contributed by atoms with Crippen LogP contribution in [0.1, 0.15) is 101 Å². The van der Waals surface area contributed by atoms with Crippen molar-refractivity contribution in [1.29, 1.82) is 0 Å². The van der Waals surface area contributed by atoms with E-state index in [0.717, 1.165) is 47.4 Å². The highest BCUT2D eigenvalue weighted by Gasteiger charge is 2.28. The molecule has 0 atom stereocenters. The highest BCUT2D eigenvalue weighted by Crippen LogP contribution is 2.36. The van der Waals surface area contributed by atoms with E-state index in [4.69, 9.17) is 0 Å². The number of rotatable bonds is 14. The molecule has 1 aliphatic rings. The molecule has 0 fully saturated rings. The molecule has 0 bridgehead atoms. The lowest BCUT2D eigenvalue weighted by atomic mass is 10.0. The zero-order valence-electron chi connectivity index (χ0n) is 21.5. The summed E-state index contributed by atoms with van der Waals surface area (Å²) >= 11 is 0. The number of hydrogen-bond donors (Lipinski definition) is 0. The molecule has 0 unspecified atom stereocenters. The largest absolute Gasteiger partial charge is 0.493 e. The van der Waals surface area contributed by atoms with E-state index in [-0.39, 0.29) is 0 Å². The van der Waals surface area contributed by atoms with Gasteiger partial charge in [0.2, 0.25) is 11.4 Å². The number of nitrogens with zero attached hydrogens (tertiary/aromatic N) is 2. The number of unbranched alkanes of at least 4 members (excludes halogenated alkanes) is 6. The molecule has 0 saturated heterocycles. The molecule has 0 aromatic heterocycles. The van der Waals surface area contributed by atoms with Crippen molar-refractivity contribution in [2.45, 2.75) is 91.4 Å². The van der Waals surface area contributed by atoms with Gasteiger partial charge in [-0.3, -0.25) is 0 Å². The van der Waals surface area contributed by atoms with E-state index >= 15 is 0 Å². The van der Waals surface area contributed by atoms with E-state index < -0.39 is 0 Å². The van der Waals surface area contributed by atoms with Crippen LogP contribution in [0.15, 0.2) is 72.3 Å². The van der Waals surface area contributed by atoms with Crippen molar-refractivity contribution < 1.29 is 4.70 Å². The Labute approximate surface area is 207 Å². The fourth-order valence-electron chi connectivity index (χ4n) is 4.56. The first-order valence-electron chi connectivity index (χ1n) is 13.5. The van der Waals surface area contributed by atoms with Gasteiger partial charge in [0.25, 0.3) is 0 Å². The zero-order valence-corrected chi connectivity index (χ0v) is 21.5. The van der Waals surface area contributed by atoms with Gasteiger partial charge in [-0.1, -0.05) is 89.3 Å². The van der Waals surface area contributed by atoms with Crippen LogP contribution in [0, 0.1) is 0 Å². The molecule has 1 heterocycles. The molecule has 34 heavy (non-hydrogen) atoms. The van der Waals surface area contributed by atoms with Gasteiger partial charge in [-0.15, -0.1) is 0 Å². The van der Waals surface area contributed by atoms with E-state index in [9.17, 15) is 5.53 Å². The lowest BCUT2D eigenvalue weighted by molar-refractivity contribution is -0.344. The minimum Gasteiger partial charge on any atom is -0.493 e. The van der Waals surface area contributed by atoms with E-state index in [0.29, 0.717) is 0 Å². The summed E-state index contributed by atoms with van der Waals surface area (Å²) in [4.78, 5) is 0. The van der Waals surface area contributed by atoms with Gasteiger partial charge >= 0.3 is 0 Å². The van der Waals surface area contributed by atoms with Gasteiger partial charge in [-0.2, -0.15) is 0 Å². The van der Waals surface area contributed by atoms with Crippen LogP contribution in [-0.4, -0.2) is 4.70 Å². The fraction of sp³-hybridized carbons (Fsp3) is 0.438. The second kappa shape index (κ2) is 13.8. The summed E-state index contributed by atoms with van der Waals surface area (Å²) < 4.78 is 1.41. The molecule has 0 spiro atoms. The maximum Gasteiger partial charge on any atom is 0.214 e. The van der Waals surface area contributed by atoms with Crippen LogP contribution in [0.3, 0.4) is 0 Å². The van der Waals surface area contributed by atoms with E-state index in [1.165, 1.54) is 67.2 Å². The van der Waals surface area contributed by atoms with Crippen LogP contribution in [0.5, 0.6) is 0 Å². The van der Waals surface area contributed by atoms with Gasteiger partial charge in [-0.25, -0.2) is 4.70 Å². The molecule has 0 aliphatic carbocycles. The van der Waals surface area contributed by atoms with Crippen LogP contribution in [0.25, 0.3) is 16.9 Å². The minimum absolute atomic E-state index is 0.859. The molecule has 2 aromatic carbocycles. The van der Waals surface area contributed by atoms with Gasteiger partial charge in [0.1, 0.15) is 0 Å². The summed E-state index contributed by atoms with van der Waals surface area (Å²) in [5.41, 5.74) is 19.0. The Balaban J connectivity index is 1.91. The summed E-state index contributed by atoms with van der Waals surface area (Å²) in [6.45, 7) is 6.71. The maximum atomic E-state index is 11.4. The molecule has 3 rings (SSSR count). The number of benzene rings is 2. The Morgan fingerprint density at radius 3 is 2.00 bits per heavy atom. The summed E-state index contributed by atoms with van der Waals surface area (Å²) in [6, 6.07) is 17.3. The van der Waals surface area contributed by atoms with Crippen molar-refractivity contribution in [3.8, 4) is 0 Å². The third-order valence-electron chi connectivity index (χ3n) is 6.59. The zero-order chi connectivity index (χ0) is 24.2. The highest BCUT2D eigenvalue weighted by molar-refractivity contribution is 5.80. The summed E-state index contributed by atoms with van der Waals surface area (Å²) in [5.74, 6) is 0. The molecule has 1 aliphatic heterocycles. The summed E-state index contributed by atoms with van der Waals surface area (Å²) in [7, 11) is 0. The van der Waals surface area contributed by atoms with Gasteiger partial charge < -0.3 is 5.53 Å². The van der Waals surface area contributed by atoms with E-state index in [1.54, 1.807) is 0 Å². The van der Waals surface area contributed by atoms with E-state index in [1.807, 2.05) is 0 Å². The quantitative estimate of drug-likeness (QED) is 0.200.